The van der Waals surface area contributed by atoms with E-state index in [1.807, 2.05) is 4.90 Å². The number of piperazine rings is 1. The Balaban J connectivity index is 1.46. The summed E-state index contributed by atoms with van der Waals surface area (Å²) in [7, 11) is 0. The van der Waals surface area contributed by atoms with Gasteiger partial charge in [-0.15, -0.1) is 22.7 Å². The van der Waals surface area contributed by atoms with Crippen LogP contribution in [0.2, 0.25) is 5.02 Å². The van der Waals surface area contributed by atoms with Gasteiger partial charge in [0.1, 0.15) is 10.7 Å². The van der Waals surface area contributed by atoms with Crippen molar-refractivity contribution in [3.05, 3.63) is 56.3 Å². The average Bonchev–Trinajstić information content (AvgIpc) is 3.23. The summed E-state index contributed by atoms with van der Waals surface area (Å²) in [6, 6.07) is 8.64. The lowest BCUT2D eigenvalue weighted by Gasteiger charge is -2.34. The molecule has 0 aliphatic carbocycles. The standard InChI is InChI=1S/C18H16ClFN2OS2/c19-16-14-4-3-12(20)10-15(14)25-17(16)18(23)22-7-5-21(6-8-22)11-13-2-1-9-24-13/h1-4,9-10H,5-8,11H2. The average molecular weight is 395 g/mol. The molecule has 0 unspecified atom stereocenters. The van der Waals surface area contributed by atoms with Gasteiger partial charge >= 0.3 is 0 Å². The number of hydrogen-bond donors (Lipinski definition) is 0. The highest BCUT2D eigenvalue weighted by Gasteiger charge is 2.26. The number of carbonyl (C=O) groups is 1. The molecule has 3 heterocycles. The number of fused-ring (bicyclic) bond motifs is 1. The lowest BCUT2D eigenvalue weighted by atomic mass is 10.2. The second-order valence-corrected chi connectivity index (χ2v) is 8.50. The van der Waals surface area contributed by atoms with Crippen LogP contribution in [0.1, 0.15) is 14.5 Å². The Morgan fingerprint density at radius 2 is 2.00 bits per heavy atom. The Morgan fingerprint density at radius 1 is 1.20 bits per heavy atom. The second-order valence-electron chi connectivity index (χ2n) is 6.03. The van der Waals surface area contributed by atoms with Gasteiger partial charge in [0, 0.05) is 47.7 Å². The molecule has 0 radical (unpaired) electrons. The van der Waals surface area contributed by atoms with Crippen LogP contribution in [-0.2, 0) is 6.54 Å². The highest BCUT2D eigenvalue weighted by molar-refractivity contribution is 7.21. The van der Waals surface area contributed by atoms with Crippen molar-refractivity contribution in [2.45, 2.75) is 6.54 Å². The van der Waals surface area contributed by atoms with Gasteiger partial charge in [-0.1, -0.05) is 17.7 Å². The summed E-state index contributed by atoms with van der Waals surface area (Å²) in [5.41, 5.74) is 0. The Morgan fingerprint density at radius 3 is 2.72 bits per heavy atom. The first kappa shape index (κ1) is 17.0. The Labute approximate surface area is 158 Å². The molecule has 25 heavy (non-hydrogen) atoms. The minimum atomic E-state index is -0.313. The fraction of sp³-hybridized carbons (Fsp3) is 0.278. The van der Waals surface area contributed by atoms with Crippen LogP contribution in [0.4, 0.5) is 4.39 Å². The van der Waals surface area contributed by atoms with E-state index in [1.165, 1.54) is 28.3 Å². The Hall–Kier alpha value is -1.47. The van der Waals surface area contributed by atoms with Gasteiger partial charge in [-0.3, -0.25) is 9.69 Å². The number of nitrogens with zero attached hydrogens (tertiary/aromatic N) is 2. The van der Waals surface area contributed by atoms with Crippen LogP contribution in [-0.4, -0.2) is 41.9 Å². The van der Waals surface area contributed by atoms with E-state index in [0.717, 1.165) is 25.0 Å². The molecule has 1 aliphatic heterocycles. The van der Waals surface area contributed by atoms with Crippen LogP contribution < -0.4 is 0 Å². The van der Waals surface area contributed by atoms with Gasteiger partial charge in [0.2, 0.25) is 0 Å². The van der Waals surface area contributed by atoms with Crippen LogP contribution in [0, 0.1) is 5.82 Å². The lowest BCUT2D eigenvalue weighted by Crippen LogP contribution is -2.48. The Bertz CT molecular complexity index is 901. The van der Waals surface area contributed by atoms with E-state index in [4.69, 9.17) is 11.6 Å². The van der Waals surface area contributed by atoms with E-state index in [9.17, 15) is 9.18 Å². The molecule has 1 amide bonds. The second kappa shape index (κ2) is 7.03. The van der Waals surface area contributed by atoms with E-state index in [-0.39, 0.29) is 11.7 Å². The molecular weight excluding hydrogens is 379 g/mol. The van der Waals surface area contributed by atoms with Crippen molar-refractivity contribution < 1.29 is 9.18 Å². The number of halogens is 2. The molecule has 4 rings (SSSR count). The summed E-state index contributed by atoms with van der Waals surface area (Å²) in [5, 5.41) is 3.26. The number of carbonyl (C=O) groups excluding carboxylic acids is 1. The zero-order chi connectivity index (χ0) is 17.4. The number of hydrogen-bond acceptors (Lipinski definition) is 4. The third-order valence-corrected chi connectivity index (χ3v) is 6.91. The fourth-order valence-electron chi connectivity index (χ4n) is 3.05. The smallest absolute Gasteiger partial charge is 0.265 e. The van der Waals surface area contributed by atoms with Gasteiger partial charge in [-0.05, 0) is 29.6 Å². The third kappa shape index (κ3) is 3.44. The normalized spacial score (nSPS) is 15.8. The van der Waals surface area contributed by atoms with Crippen LogP contribution in [0.25, 0.3) is 10.1 Å². The first-order chi connectivity index (χ1) is 12.1. The fourth-order valence-corrected chi connectivity index (χ4v) is 5.30. The van der Waals surface area contributed by atoms with E-state index in [1.54, 1.807) is 17.4 Å². The van der Waals surface area contributed by atoms with Crippen molar-refractivity contribution in [1.29, 1.82) is 0 Å². The predicted molar refractivity (Wildman–Crippen MR) is 102 cm³/mol. The molecule has 0 bridgehead atoms. The predicted octanol–water partition coefficient (Wildman–Crippen LogP) is 4.71. The highest BCUT2D eigenvalue weighted by Crippen LogP contribution is 2.36. The van der Waals surface area contributed by atoms with Crippen LogP contribution in [0.5, 0.6) is 0 Å². The molecule has 3 nitrogen and oxygen atoms in total. The van der Waals surface area contributed by atoms with Crippen LogP contribution >= 0.6 is 34.3 Å². The summed E-state index contributed by atoms with van der Waals surface area (Å²) in [5.74, 6) is -0.367. The van der Waals surface area contributed by atoms with E-state index >= 15 is 0 Å². The molecule has 2 aromatic heterocycles. The van der Waals surface area contributed by atoms with Crippen molar-refractivity contribution in [1.82, 2.24) is 9.80 Å². The number of benzene rings is 1. The monoisotopic (exact) mass is 394 g/mol. The maximum atomic E-state index is 13.4. The number of thiophene rings is 2. The molecule has 1 aliphatic rings. The van der Waals surface area contributed by atoms with E-state index in [0.29, 0.717) is 27.7 Å². The minimum Gasteiger partial charge on any atom is -0.335 e. The number of amides is 1. The molecule has 0 N–H and O–H groups in total. The SMILES string of the molecule is O=C(c1sc2cc(F)ccc2c1Cl)N1CCN(Cc2cccs2)CC1. The summed E-state index contributed by atoms with van der Waals surface area (Å²) in [6.07, 6.45) is 0. The molecule has 3 aromatic rings. The van der Waals surface area contributed by atoms with Gasteiger partial charge in [0.05, 0.1) is 5.02 Å². The quantitative estimate of drug-likeness (QED) is 0.642. The van der Waals surface area contributed by atoms with Crippen molar-refractivity contribution in [3.63, 3.8) is 0 Å². The molecule has 1 aromatic carbocycles. The van der Waals surface area contributed by atoms with E-state index < -0.39 is 0 Å². The first-order valence-electron chi connectivity index (χ1n) is 8.03. The topological polar surface area (TPSA) is 23.6 Å². The van der Waals surface area contributed by atoms with Gasteiger partial charge in [0.25, 0.3) is 5.91 Å². The largest absolute Gasteiger partial charge is 0.335 e. The third-order valence-electron chi connectivity index (χ3n) is 4.40. The minimum absolute atomic E-state index is 0.0534. The highest BCUT2D eigenvalue weighted by atomic mass is 35.5. The zero-order valence-corrected chi connectivity index (χ0v) is 15.8. The van der Waals surface area contributed by atoms with Gasteiger partial charge < -0.3 is 4.90 Å². The van der Waals surface area contributed by atoms with Crippen molar-refractivity contribution in [2.75, 3.05) is 26.2 Å². The Kier molecular flexibility index (Phi) is 4.78. The molecule has 1 saturated heterocycles. The van der Waals surface area contributed by atoms with Gasteiger partial charge in [-0.2, -0.15) is 0 Å². The lowest BCUT2D eigenvalue weighted by molar-refractivity contribution is 0.0634. The molecule has 0 spiro atoms. The van der Waals surface area contributed by atoms with Crippen molar-refractivity contribution in [2.24, 2.45) is 0 Å². The molecule has 7 heteroatoms. The summed E-state index contributed by atoms with van der Waals surface area (Å²) < 4.78 is 14.1. The molecule has 1 fully saturated rings. The van der Waals surface area contributed by atoms with Crippen LogP contribution in [0.15, 0.2) is 35.7 Å². The summed E-state index contributed by atoms with van der Waals surface area (Å²) >= 11 is 9.41. The van der Waals surface area contributed by atoms with E-state index in [2.05, 4.69) is 22.4 Å². The van der Waals surface area contributed by atoms with Crippen molar-refractivity contribution in [3.8, 4) is 0 Å². The van der Waals surface area contributed by atoms with Crippen molar-refractivity contribution >= 4 is 50.3 Å². The van der Waals surface area contributed by atoms with Gasteiger partial charge in [-0.25, -0.2) is 4.39 Å². The maximum absolute atomic E-state index is 13.4. The number of rotatable bonds is 3. The molecule has 0 saturated carbocycles. The summed E-state index contributed by atoms with van der Waals surface area (Å²) in [4.78, 5) is 18.9. The maximum Gasteiger partial charge on any atom is 0.265 e. The first-order valence-corrected chi connectivity index (χ1v) is 10.1. The van der Waals surface area contributed by atoms with Crippen LogP contribution in [0.3, 0.4) is 0 Å². The molecule has 0 atom stereocenters. The zero-order valence-electron chi connectivity index (χ0n) is 13.4. The van der Waals surface area contributed by atoms with Gasteiger partial charge in [0.15, 0.2) is 0 Å². The summed E-state index contributed by atoms with van der Waals surface area (Å²) in [6.45, 7) is 4.00. The molecule has 130 valence electrons. The molecular formula is C18H16ClFN2OS2.